The summed E-state index contributed by atoms with van der Waals surface area (Å²) < 4.78 is 0. The molecule has 1 aliphatic rings. The topological polar surface area (TPSA) is 92.1 Å². The van der Waals surface area contributed by atoms with E-state index in [1.165, 1.54) is 0 Å². The van der Waals surface area contributed by atoms with Gasteiger partial charge in [-0.3, -0.25) is 10.2 Å². The molecule has 1 aromatic rings. The number of hydrogen-bond donors (Lipinski definition) is 4. The van der Waals surface area contributed by atoms with Gasteiger partial charge in [0.05, 0.1) is 11.9 Å². The van der Waals surface area contributed by atoms with Crippen LogP contribution in [-0.4, -0.2) is 23.0 Å². The molecule has 0 spiro atoms. The highest BCUT2D eigenvalue weighted by Crippen LogP contribution is 2.15. The molecule has 2 atom stereocenters. The van der Waals surface area contributed by atoms with E-state index in [0.717, 1.165) is 6.42 Å². The van der Waals surface area contributed by atoms with Gasteiger partial charge < -0.3 is 11.1 Å². The Hall–Kier alpha value is -1.66. The van der Waals surface area contributed by atoms with Gasteiger partial charge in [-0.2, -0.15) is 0 Å². The van der Waals surface area contributed by atoms with Crippen LogP contribution >= 0.6 is 0 Å². The van der Waals surface area contributed by atoms with E-state index < -0.39 is 0 Å². The first-order valence-corrected chi connectivity index (χ1v) is 6.09. The maximum absolute atomic E-state index is 12.0. The number of anilines is 2. The molecule has 0 aliphatic carbocycles. The number of aromatic nitrogens is 1. The van der Waals surface area contributed by atoms with Crippen LogP contribution in [0.25, 0.3) is 0 Å². The summed E-state index contributed by atoms with van der Waals surface area (Å²) in [7, 11) is 0. The highest BCUT2D eigenvalue weighted by Gasteiger charge is 2.30. The van der Waals surface area contributed by atoms with Crippen LogP contribution in [0, 0.1) is 5.92 Å². The van der Waals surface area contributed by atoms with Crippen LogP contribution in [0.3, 0.4) is 0 Å². The molecule has 1 aromatic heterocycles. The van der Waals surface area contributed by atoms with Gasteiger partial charge in [0.1, 0.15) is 11.9 Å². The second kappa shape index (κ2) is 5.32. The van der Waals surface area contributed by atoms with Gasteiger partial charge in [0.2, 0.25) is 5.91 Å². The van der Waals surface area contributed by atoms with Gasteiger partial charge in [0.25, 0.3) is 0 Å². The Labute approximate surface area is 106 Å². The summed E-state index contributed by atoms with van der Waals surface area (Å²) in [4.78, 5) is 15.9. The number of hydrogen-bond acceptors (Lipinski definition) is 5. The fourth-order valence-electron chi connectivity index (χ4n) is 1.90. The van der Waals surface area contributed by atoms with E-state index in [9.17, 15) is 4.79 Å². The Balaban J connectivity index is 1.91. The van der Waals surface area contributed by atoms with Crippen LogP contribution in [-0.2, 0) is 4.79 Å². The van der Waals surface area contributed by atoms with Gasteiger partial charge in [-0.1, -0.05) is 13.8 Å². The van der Waals surface area contributed by atoms with Gasteiger partial charge in [-0.15, -0.1) is 0 Å². The molecule has 2 heterocycles. The Morgan fingerprint density at radius 2 is 2.28 bits per heavy atom. The van der Waals surface area contributed by atoms with Crippen molar-refractivity contribution in [3.63, 3.8) is 0 Å². The molecule has 0 radical (unpaired) electrons. The van der Waals surface area contributed by atoms with E-state index in [0.29, 0.717) is 23.5 Å². The average Bonchev–Trinajstić information content (AvgIpc) is 2.81. The average molecular weight is 249 g/mol. The third-order valence-electron chi connectivity index (χ3n) is 3.11. The molecule has 98 valence electrons. The van der Waals surface area contributed by atoms with E-state index in [2.05, 4.69) is 35.0 Å². The fourth-order valence-corrected chi connectivity index (χ4v) is 1.90. The number of amides is 1. The van der Waals surface area contributed by atoms with Crippen LogP contribution in [0.15, 0.2) is 18.3 Å². The second-order valence-electron chi connectivity index (χ2n) is 4.89. The number of carbonyl (C=O) groups excluding carboxylic acids is 1. The number of pyridine rings is 1. The van der Waals surface area contributed by atoms with Gasteiger partial charge in [-0.25, -0.2) is 10.4 Å². The van der Waals surface area contributed by atoms with Crippen molar-refractivity contribution in [1.82, 2.24) is 15.8 Å². The van der Waals surface area contributed by atoms with E-state index in [1.807, 2.05) is 0 Å². The maximum Gasteiger partial charge on any atom is 0.242 e. The molecule has 1 saturated heterocycles. The molecule has 0 saturated carbocycles. The zero-order valence-corrected chi connectivity index (χ0v) is 10.6. The molecule has 0 aromatic carbocycles. The van der Waals surface area contributed by atoms with Crippen LogP contribution in [0.5, 0.6) is 0 Å². The molecule has 2 rings (SSSR count). The summed E-state index contributed by atoms with van der Waals surface area (Å²) in [5, 5.41) is 2.81. The first-order chi connectivity index (χ1) is 8.56. The van der Waals surface area contributed by atoms with Crippen molar-refractivity contribution in [3.05, 3.63) is 18.3 Å². The molecule has 18 heavy (non-hydrogen) atoms. The lowest BCUT2D eigenvalue weighted by Crippen LogP contribution is -2.40. The standard InChI is InChI=1S/C12H19N5O/c1-7(2)9-5-10(17-16-9)12(18)15-8-3-4-11(13)14-6-8/h3-4,6-7,9-10,16-17H,5H2,1-2H3,(H2,13,14)(H,15,18). The monoisotopic (exact) mass is 249 g/mol. The lowest BCUT2D eigenvalue weighted by atomic mass is 9.99. The molecule has 6 heteroatoms. The van der Waals surface area contributed by atoms with Gasteiger partial charge >= 0.3 is 0 Å². The lowest BCUT2D eigenvalue weighted by Gasteiger charge is -2.12. The van der Waals surface area contributed by atoms with Crippen molar-refractivity contribution in [2.75, 3.05) is 11.1 Å². The first-order valence-electron chi connectivity index (χ1n) is 6.09. The van der Waals surface area contributed by atoms with E-state index in [4.69, 9.17) is 5.73 Å². The Morgan fingerprint density at radius 3 is 2.83 bits per heavy atom. The molecule has 1 fully saturated rings. The summed E-state index contributed by atoms with van der Waals surface area (Å²) in [5.41, 5.74) is 12.3. The number of hydrazine groups is 1. The zero-order valence-electron chi connectivity index (χ0n) is 10.6. The third-order valence-corrected chi connectivity index (χ3v) is 3.11. The van der Waals surface area contributed by atoms with Crippen molar-refractivity contribution in [3.8, 4) is 0 Å². The minimum absolute atomic E-state index is 0.0581. The molecule has 1 amide bonds. The van der Waals surface area contributed by atoms with Crippen LogP contribution in [0.1, 0.15) is 20.3 Å². The summed E-state index contributed by atoms with van der Waals surface area (Å²) >= 11 is 0. The molecular formula is C12H19N5O. The minimum Gasteiger partial charge on any atom is -0.384 e. The summed E-state index contributed by atoms with van der Waals surface area (Å²) in [6.07, 6.45) is 2.33. The minimum atomic E-state index is -0.213. The largest absolute Gasteiger partial charge is 0.384 e. The van der Waals surface area contributed by atoms with E-state index in [1.54, 1.807) is 18.3 Å². The highest BCUT2D eigenvalue weighted by atomic mass is 16.2. The number of nitrogens with two attached hydrogens (primary N) is 1. The number of nitrogens with one attached hydrogen (secondary N) is 3. The molecule has 1 aliphatic heterocycles. The molecule has 0 bridgehead atoms. The normalized spacial score (nSPS) is 23.3. The van der Waals surface area contributed by atoms with Crippen molar-refractivity contribution < 1.29 is 4.79 Å². The van der Waals surface area contributed by atoms with E-state index >= 15 is 0 Å². The van der Waals surface area contributed by atoms with Crippen molar-refractivity contribution in [1.29, 1.82) is 0 Å². The van der Waals surface area contributed by atoms with E-state index in [-0.39, 0.29) is 11.9 Å². The lowest BCUT2D eigenvalue weighted by molar-refractivity contribution is -0.117. The Morgan fingerprint density at radius 1 is 1.50 bits per heavy atom. The highest BCUT2D eigenvalue weighted by molar-refractivity contribution is 5.94. The smallest absolute Gasteiger partial charge is 0.242 e. The Bertz CT molecular complexity index is 417. The predicted molar refractivity (Wildman–Crippen MR) is 70.6 cm³/mol. The number of nitrogen functional groups attached to an aromatic ring is 1. The van der Waals surface area contributed by atoms with Crippen LogP contribution < -0.4 is 21.9 Å². The molecule has 5 N–H and O–H groups in total. The number of rotatable bonds is 3. The van der Waals surface area contributed by atoms with Crippen molar-refractivity contribution in [2.45, 2.75) is 32.4 Å². The van der Waals surface area contributed by atoms with Gasteiger partial charge in [0, 0.05) is 6.04 Å². The van der Waals surface area contributed by atoms with Crippen molar-refractivity contribution in [2.24, 2.45) is 5.92 Å². The third kappa shape index (κ3) is 2.96. The molecule has 2 unspecified atom stereocenters. The van der Waals surface area contributed by atoms with Gasteiger partial charge in [-0.05, 0) is 24.5 Å². The fraction of sp³-hybridized carbons (Fsp3) is 0.500. The number of carbonyl (C=O) groups is 1. The quantitative estimate of drug-likeness (QED) is 0.626. The molecule has 6 nitrogen and oxygen atoms in total. The number of nitrogens with zero attached hydrogens (tertiary/aromatic N) is 1. The maximum atomic E-state index is 12.0. The van der Waals surface area contributed by atoms with Gasteiger partial charge in [0.15, 0.2) is 0 Å². The molecular weight excluding hydrogens is 230 g/mol. The van der Waals surface area contributed by atoms with Crippen molar-refractivity contribution >= 4 is 17.4 Å². The second-order valence-corrected chi connectivity index (χ2v) is 4.89. The predicted octanol–water partition coefficient (Wildman–Crippen LogP) is 0.493. The zero-order chi connectivity index (χ0) is 13.1. The summed E-state index contributed by atoms with van der Waals surface area (Å²) in [5.74, 6) is 0.874. The SMILES string of the molecule is CC(C)C1CC(C(=O)Nc2ccc(N)nc2)NN1. The summed E-state index contributed by atoms with van der Waals surface area (Å²) in [6.45, 7) is 4.26. The first kappa shape index (κ1) is 12.8. The summed E-state index contributed by atoms with van der Waals surface area (Å²) in [6, 6.07) is 3.51. The van der Waals surface area contributed by atoms with Crippen LogP contribution in [0.2, 0.25) is 0 Å². The van der Waals surface area contributed by atoms with Crippen LogP contribution in [0.4, 0.5) is 11.5 Å². The Kier molecular flexibility index (Phi) is 3.78.